The highest BCUT2D eigenvalue weighted by Gasteiger charge is 2.30. The molecule has 1 saturated heterocycles. The molecule has 3 heterocycles. The summed E-state index contributed by atoms with van der Waals surface area (Å²) in [5, 5.41) is 3.43. The van der Waals surface area contributed by atoms with Gasteiger partial charge < -0.3 is 9.88 Å². The minimum absolute atomic E-state index is 0.166. The van der Waals surface area contributed by atoms with E-state index in [4.69, 9.17) is 0 Å². The van der Waals surface area contributed by atoms with E-state index in [0.717, 1.165) is 19.6 Å². The van der Waals surface area contributed by atoms with Crippen LogP contribution in [0, 0.1) is 5.92 Å². The van der Waals surface area contributed by atoms with E-state index in [9.17, 15) is 4.79 Å². The molecule has 0 radical (unpaired) electrons. The Labute approximate surface area is 82.8 Å². The third kappa shape index (κ3) is 1.12. The average Bonchev–Trinajstić information content (AvgIpc) is 2.20. The largest absolute Gasteiger partial charge is 0.316 e. The number of pyridine rings is 1. The third-order valence-electron chi connectivity index (χ3n) is 3.38. The zero-order valence-corrected chi connectivity index (χ0v) is 8.07. The van der Waals surface area contributed by atoms with Crippen LogP contribution in [0.25, 0.3) is 0 Å². The van der Waals surface area contributed by atoms with Crippen molar-refractivity contribution < 1.29 is 0 Å². The van der Waals surface area contributed by atoms with Crippen molar-refractivity contribution in [3.05, 3.63) is 34.2 Å². The smallest absolute Gasteiger partial charge is 0.250 e. The molecule has 0 amide bonds. The van der Waals surface area contributed by atoms with E-state index in [1.165, 1.54) is 12.1 Å². The highest BCUT2D eigenvalue weighted by molar-refractivity contribution is 5.16. The molecule has 0 spiro atoms. The summed E-state index contributed by atoms with van der Waals surface area (Å²) in [5.41, 5.74) is 1.39. The molecule has 0 unspecified atom stereocenters. The molecule has 1 N–H and O–H groups in total. The van der Waals surface area contributed by atoms with Crippen molar-refractivity contribution in [2.75, 3.05) is 13.1 Å². The Morgan fingerprint density at radius 2 is 2.29 bits per heavy atom. The normalized spacial score (nSPS) is 29.7. The monoisotopic (exact) mass is 190 g/mol. The molecule has 0 aromatic carbocycles. The first-order valence-corrected chi connectivity index (χ1v) is 5.25. The van der Waals surface area contributed by atoms with Crippen LogP contribution >= 0.6 is 0 Å². The maximum absolute atomic E-state index is 11.6. The summed E-state index contributed by atoms with van der Waals surface area (Å²) in [6.45, 7) is 3.00. The Balaban J connectivity index is 2.15. The standard InChI is InChI=1S/C11H14N2O/c14-11-3-1-2-10-9-4-8(5-12-6-9)7-13(10)11/h1-3,8-9,12H,4-7H2/t8-,9+/m1/s1. The molecule has 14 heavy (non-hydrogen) atoms. The van der Waals surface area contributed by atoms with Gasteiger partial charge in [0.25, 0.3) is 5.56 Å². The zero-order valence-electron chi connectivity index (χ0n) is 8.07. The third-order valence-corrected chi connectivity index (χ3v) is 3.38. The van der Waals surface area contributed by atoms with Crippen LogP contribution in [-0.2, 0) is 6.54 Å². The molecular weight excluding hydrogens is 176 g/mol. The summed E-state index contributed by atoms with van der Waals surface area (Å²) in [4.78, 5) is 11.6. The molecule has 1 aromatic rings. The van der Waals surface area contributed by atoms with Crippen LogP contribution in [0.4, 0.5) is 0 Å². The van der Waals surface area contributed by atoms with Crippen LogP contribution < -0.4 is 10.9 Å². The topological polar surface area (TPSA) is 34.0 Å². The molecule has 1 aromatic heterocycles. The minimum atomic E-state index is 0.166. The number of aromatic nitrogens is 1. The lowest BCUT2D eigenvalue weighted by atomic mass is 9.84. The first-order valence-electron chi connectivity index (χ1n) is 5.25. The van der Waals surface area contributed by atoms with Crippen molar-refractivity contribution in [3.63, 3.8) is 0 Å². The summed E-state index contributed by atoms with van der Waals surface area (Å²) in [6.07, 6.45) is 1.25. The molecule has 2 aliphatic heterocycles. The second-order valence-electron chi connectivity index (χ2n) is 4.36. The molecule has 3 nitrogen and oxygen atoms in total. The Morgan fingerprint density at radius 1 is 1.36 bits per heavy atom. The van der Waals surface area contributed by atoms with Gasteiger partial charge in [0.2, 0.25) is 0 Å². The summed E-state index contributed by atoms with van der Waals surface area (Å²) in [6, 6.07) is 5.64. The zero-order chi connectivity index (χ0) is 9.54. The first-order chi connectivity index (χ1) is 6.84. The first kappa shape index (κ1) is 8.24. The van der Waals surface area contributed by atoms with E-state index in [1.54, 1.807) is 6.07 Å². The quantitative estimate of drug-likeness (QED) is 0.648. The highest BCUT2D eigenvalue weighted by atomic mass is 16.1. The molecular formula is C11H14N2O. The van der Waals surface area contributed by atoms with Crippen molar-refractivity contribution in [2.45, 2.75) is 18.9 Å². The van der Waals surface area contributed by atoms with Gasteiger partial charge in [-0.05, 0) is 24.9 Å². The van der Waals surface area contributed by atoms with E-state index in [1.807, 2.05) is 10.6 Å². The predicted octanol–water partition coefficient (Wildman–Crippen LogP) is 0.555. The van der Waals surface area contributed by atoms with Crippen LogP contribution in [0.15, 0.2) is 23.0 Å². The van der Waals surface area contributed by atoms with E-state index >= 15 is 0 Å². The number of nitrogens with zero attached hydrogens (tertiary/aromatic N) is 1. The fourth-order valence-electron chi connectivity index (χ4n) is 2.74. The second-order valence-corrected chi connectivity index (χ2v) is 4.36. The molecule has 0 aliphatic carbocycles. The minimum Gasteiger partial charge on any atom is -0.316 e. The lowest BCUT2D eigenvalue weighted by molar-refractivity contribution is 0.257. The highest BCUT2D eigenvalue weighted by Crippen LogP contribution is 2.31. The summed E-state index contributed by atoms with van der Waals surface area (Å²) < 4.78 is 1.96. The van der Waals surface area contributed by atoms with E-state index in [2.05, 4.69) is 11.4 Å². The van der Waals surface area contributed by atoms with E-state index in [-0.39, 0.29) is 5.56 Å². The Hall–Kier alpha value is -1.09. The summed E-state index contributed by atoms with van der Waals surface area (Å²) in [7, 11) is 0. The van der Waals surface area contributed by atoms with Crippen LogP contribution in [0.2, 0.25) is 0 Å². The lowest BCUT2D eigenvalue weighted by Gasteiger charge is -2.37. The fourth-order valence-corrected chi connectivity index (χ4v) is 2.74. The lowest BCUT2D eigenvalue weighted by Crippen LogP contribution is -2.44. The molecule has 2 aliphatic rings. The van der Waals surface area contributed by atoms with Gasteiger partial charge in [0.15, 0.2) is 0 Å². The maximum Gasteiger partial charge on any atom is 0.250 e. The Kier molecular flexibility index (Phi) is 1.74. The van der Waals surface area contributed by atoms with Crippen LogP contribution in [-0.4, -0.2) is 17.7 Å². The van der Waals surface area contributed by atoms with Crippen molar-refractivity contribution >= 4 is 0 Å². The molecule has 1 fully saturated rings. The van der Waals surface area contributed by atoms with Gasteiger partial charge in [-0.2, -0.15) is 0 Å². The van der Waals surface area contributed by atoms with Gasteiger partial charge in [-0.25, -0.2) is 0 Å². The molecule has 3 rings (SSSR count). The van der Waals surface area contributed by atoms with Gasteiger partial charge in [-0.1, -0.05) is 6.07 Å². The van der Waals surface area contributed by atoms with Crippen molar-refractivity contribution in [1.29, 1.82) is 0 Å². The number of nitrogens with one attached hydrogen (secondary N) is 1. The predicted molar refractivity (Wildman–Crippen MR) is 54.4 cm³/mol. The van der Waals surface area contributed by atoms with Gasteiger partial charge in [-0.15, -0.1) is 0 Å². The van der Waals surface area contributed by atoms with Crippen molar-refractivity contribution in [3.8, 4) is 0 Å². The van der Waals surface area contributed by atoms with Gasteiger partial charge in [0, 0.05) is 30.8 Å². The van der Waals surface area contributed by atoms with Crippen LogP contribution in [0.1, 0.15) is 18.0 Å². The van der Waals surface area contributed by atoms with Gasteiger partial charge in [0.05, 0.1) is 0 Å². The molecule has 0 saturated carbocycles. The number of piperidine rings is 1. The van der Waals surface area contributed by atoms with Crippen molar-refractivity contribution in [1.82, 2.24) is 9.88 Å². The van der Waals surface area contributed by atoms with E-state index < -0.39 is 0 Å². The van der Waals surface area contributed by atoms with Gasteiger partial charge >= 0.3 is 0 Å². The van der Waals surface area contributed by atoms with Crippen LogP contribution in [0.3, 0.4) is 0 Å². The number of fused-ring (bicyclic) bond motifs is 4. The Morgan fingerprint density at radius 3 is 3.21 bits per heavy atom. The van der Waals surface area contributed by atoms with Crippen molar-refractivity contribution in [2.24, 2.45) is 5.92 Å². The fraction of sp³-hybridized carbons (Fsp3) is 0.545. The number of rotatable bonds is 0. The van der Waals surface area contributed by atoms with Gasteiger partial charge in [-0.3, -0.25) is 4.79 Å². The molecule has 2 atom stereocenters. The average molecular weight is 190 g/mol. The number of hydrogen-bond acceptors (Lipinski definition) is 2. The summed E-state index contributed by atoms with van der Waals surface area (Å²) in [5.74, 6) is 1.21. The van der Waals surface area contributed by atoms with E-state index in [0.29, 0.717) is 11.8 Å². The molecule has 3 heteroatoms. The molecule has 2 bridgehead atoms. The van der Waals surface area contributed by atoms with Crippen LogP contribution in [0.5, 0.6) is 0 Å². The summed E-state index contributed by atoms with van der Waals surface area (Å²) >= 11 is 0. The van der Waals surface area contributed by atoms with Gasteiger partial charge in [0.1, 0.15) is 0 Å². The number of hydrogen-bond donors (Lipinski definition) is 1. The second kappa shape index (κ2) is 2.95. The SMILES string of the molecule is O=c1cccc2n1C[C@H]1CNC[C@@H]2C1. The maximum atomic E-state index is 11.6. The molecule has 74 valence electrons. The Bertz CT molecular complexity index is 410.